The number of rotatable bonds is 2. The highest BCUT2D eigenvalue weighted by molar-refractivity contribution is 5.92. The molecule has 0 bridgehead atoms. The van der Waals surface area contributed by atoms with E-state index in [4.69, 9.17) is 0 Å². The monoisotopic (exact) mass is 250 g/mol. The molecular formula is C12H18N4O2. The Kier molecular flexibility index (Phi) is 3.64. The Morgan fingerprint density at radius 1 is 1.50 bits per heavy atom. The Morgan fingerprint density at radius 2 is 2.28 bits per heavy atom. The van der Waals surface area contributed by atoms with Gasteiger partial charge in [-0.1, -0.05) is 0 Å². The lowest BCUT2D eigenvalue weighted by molar-refractivity contribution is -0.125. The predicted molar refractivity (Wildman–Crippen MR) is 65.9 cm³/mol. The number of hydrogen-bond donors (Lipinski definition) is 1. The first-order valence-electron chi connectivity index (χ1n) is 6.12. The number of amides is 2. The molecule has 2 amide bonds. The zero-order valence-corrected chi connectivity index (χ0v) is 10.7. The van der Waals surface area contributed by atoms with Gasteiger partial charge in [-0.05, 0) is 18.9 Å². The first kappa shape index (κ1) is 12.6. The molecule has 6 nitrogen and oxygen atoms in total. The zero-order valence-electron chi connectivity index (χ0n) is 10.7. The van der Waals surface area contributed by atoms with Gasteiger partial charge in [0, 0.05) is 33.4 Å². The summed E-state index contributed by atoms with van der Waals surface area (Å²) in [4.78, 5) is 25.5. The zero-order chi connectivity index (χ0) is 13.1. The number of aryl methyl sites for hydroxylation is 1. The first-order chi connectivity index (χ1) is 8.61. The second-order valence-corrected chi connectivity index (χ2v) is 4.58. The summed E-state index contributed by atoms with van der Waals surface area (Å²) in [5, 5.41) is 6.74. The van der Waals surface area contributed by atoms with Gasteiger partial charge < -0.3 is 10.2 Å². The number of aromatic nitrogens is 2. The maximum atomic E-state index is 12.2. The second-order valence-electron chi connectivity index (χ2n) is 4.58. The SMILES string of the molecule is CNC(=O)[C@H]1CCCN(C(=O)c2ccn(C)n2)C1. The van der Waals surface area contributed by atoms with E-state index >= 15 is 0 Å². The van der Waals surface area contributed by atoms with Gasteiger partial charge in [-0.15, -0.1) is 0 Å². The lowest BCUT2D eigenvalue weighted by atomic mass is 9.97. The Morgan fingerprint density at radius 3 is 2.89 bits per heavy atom. The number of nitrogens with zero attached hydrogens (tertiary/aromatic N) is 3. The maximum Gasteiger partial charge on any atom is 0.274 e. The van der Waals surface area contributed by atoms with E-state index in [1.165, 1.54) is 0 Å². The Balaban J connectivity index is 2.05. The van der Waals surface area contributed by atoms with Gasteiger partial charge in [0.1, 0.15) is 5.69 Å². The van der Waals surface area contributed by atoms with Crippen molar-refractivity contribution in [1.82, 2.24) is 20.0 Å². The Labute approximate surface area is 106 Å². The lowest BCUT2D eigenvalue weighted by Gasteiger charge is -2.31. The van der Waals surface area contributed by atoms with E-state index in [-0.39, 0.29) is 17.7 Å². The van der Waals surface area contributed by atoms with Crippen molar-refractivity contribution in [3.8, 4) is 0 Å². The largest absolute Gasteiger partial charge is 0.359 e. The first-order valence-corrected chi connectivity index (χ1v) is 6.12. The van der Waals surface area contributed by atoms with Crippen molar-refractivity contribution >= 4 is 11.8 Å². The van der Waals surface area contributed by atoms with Gasteiger partial charge in [0.25, 0.3) is 5.91 Å². The highest BCUT2D eigenvalue weighted by atomic mass is 16.2. The van der Waals surface area contributed by atoms with Crippen LogP contribution in [0.3, 0.4) is 0 Å². The van der Waals surface area contributed by atoms with Crippen LogP contribution in [-0.4, -0.2) is 46.6 Å². The summed E-state index contributed by atoms with van der Waals surface area (Å²) in [5.41, 5.74) is 0.440. The lowest BCUT2D eigenvalue weighted by Crippen LogP contribution is -2.44. The van der Waals surface area contributed by atoms with Crippen LogP contribution in [0.4, 0.5) is 0 Å². The molecule has 2 heterocycles. The van der Waals surface area contributed by atoms with Crippen LogP contribution in [0, 0.1) is 5.92 Å². The van der Waals surface area contributed by atoms with Crippen LogP contribution in [0.2, 0.25) is 0 Å². The van der Waals surface area contributed by atoms with E-state index in [1.807, 2.05) is 0 Å². The molecule has 0 unspecified atom stereocenters. The summed E-state index contributed by atoms with van der Waals surface area (Å²) in [5.74, 6) is -0.186. The molecular weight excluding hydrogens is 232 g/mol. The molecule has 0 radical (unpaired) electrons. The van der Waals surface area contributed by atoms with Crippen LogP contribution in [0.25, 0.3) is 0 Å². The van der Waals surface area contributed by atoms with Gasteiger partial charge in [-0.2, -0.15) is 5.10 Å². The third-order valence-electron chi connectivity index (χ3n) is 3.26. The number of carbonyl (C=O) groups excluding carboxylic acids is 2. The van der Waals surface area contributed by atoms with Crippen LogP contribution >= 0.6 is 0 Å². The molecule has 98 valence electrons. The molecule has 0 spiro atoms. The number of nitrogens with one attached hydrogen (secondary N) is 1. The topological polar surface area (TPSA) is 67.2 Å². The van der Waals surface area contributed by atoms with Gasteiger partial charge in [-0.25, -0.2) is 0 Å². The van der Waals surface area contributed by atoms with Crippen LogP contribution < -0.4 is 5.32 Å². The fourth-order valence-electron chi connectivity index (χ4n) is 2.27. The molecule has 0 aliphatic carbocycles. The third-order valence-corrected chi connectivity index (χ3v) is 3.26. The summed E-state index contributed by atoms with van der Waals surface area (Å²) < 4.78 is 1.60. The van der Waals surface area contributed by atoms with Crippen molar-refractivity contribution in [3.05, 3.63) is 18.0 Å². The van der Waals surface area contributed by atoms with Crippen LogP contribution in [-0.2, 0) is 11.8 Å². The minimum Gasteiger partial charge on any atom is -0.359 e. The number of carbonyl (C=O) groups is 2. The summed E-state index contributed by atoms with van der Waals surface area (Å²) >= 11 is 0. The quantitative estimate of drug-likeness (QED) is 0.804. The second kappa shape index (κ2) is 5.20. The van der Waals surface area contributed by atoms with Crippen molar-refractivity contribution in [1.29, 1.82) is 0 Å². The molecule has 1 fully saturated rings. The van der Waals surface area contributed by atoms with E-state index in [0.717, 1.165) is 12.8 Å². The standard InChI is InChI=1S/C12H18N4O2/c1-13-11(17)9-4-3-6-16(8-9)12(18)10-5-7-15(2)14-10/h5,7,9H,3-4,6,8H2,1-2H3,(H,13,17)/t9-/m0/s1. The molecule has 2 rings (SSSR count). The maximum absolute atomic E-state index is 12.2. The number of piperidine rings is 1. The molecule has 0 aromatic carbocycles. The molecule has 1 saturated heterocycles. The van der Waals surface area contributed by atoms with Crippen molar-refractivity contribution in [2.45, 2.75) is 12.8 Å². The summed E-state index contributed by atoms with van der Waals surface area (Å²) in [6, 6.07) is 1.70. The average molecular weight is 250 g/mol. The molecule has 6 heteroatoms. The highest BCUT2D eigenvalue weighted by Gasteiger charge is 2.29. The molecule has 18 heavy (non-hydrogen) atoms. The third kappa shape index (κ3) is 2.52. The molecule has 1 aliphatic heterocycles. The number of likely N-dealkylation sites (tertiary alicyclic amines) is 1. The summed E-state index contributed by atoms with van der Waals surface area (Å²) in [6.07, 6.45) is 3.44. The van der Waals surface area contributed by atoms with Crippen molar-refractivity contribution in [3.63, 3.8) is 0 Å². The van der Waals surface area contributed by atoms with Crippen molar-refractivity contribution < 1.29 is 9.59 Å². The van der Waals surface area contributed by atoms with E-state index in [0.29, 0.717) is 18.8 Å². The van der Waals surface area contributed by atoms with E-state index in [9.17, 15) is 9.59 Å². The average Bonchev–Trinajstić information content (AvgIpc) is 2.83. The minimum atomic E-state index is -0.101. The van der Waals surface area contributed by atoms with Crippen LogP contribution in [0.5, 0.6) is 0 Å². The molecule has 0 saturated carbocycles. The Bertz CT molecular complexity index is 455. The molecule has 1 aromatic rings. The fourth-order valence-corrected chi connectivity index (χ4v) is 2.27. The number of hydrogen-bond acceptors (Lipinski definition) is 3. The van der Waals surface area contributed by atoms with Gasteiger partial charge in [0.2, 0.25) is 5.91 Å². The van der Waals surface area contributed by atoms with Gasteiger partial charge in [-0.3, -0.25) is 14.3 Å². The highest BCUT2D eigenvalue weighted by Crippen LogP contribution is 2.18. The van der Waals surface area contributed by atoms with Crippen molar-refractivity contribution in [2.75, 3.05) is 20.1 Å². The van der Waals surface area contributed by atoms with Gasteiger partial charge in [0.15, 0.2) is 0 Å². The normalized spacial score (nSPS) is 19.7. The van der Waals surface area contributed by atoms with E-state index in [1.54, 1.807) is 35.9 Å². The molecule has 1 aliphatic rings. The molecule has 1 aromatic heterocycles. The van der Waals surface area contributed by atoms with Gasteiger partial charge in [0.05, 0.1) is 5.92 Å². The molecule has 1 atom stereocenters. The summed E-state index contributed by atoms with van der Waals surface area (Å²) in [7, 11) is 3.40. The van der Waals surface area contributed by atoms with Gasteiger partial charge >= 0.3 is 0 Å². The van der Waals surface area contributed by atoms with E-state index < -0.39 is 0 Å². The summed E-state index contributed by atoms with van der Waals surface area (Å²) in [6.45, 7) is 1.18. The van der Waals surface area contributed by atoms with Crippen LogP contribution in [0.1, 0.15) is 23.3 Å². The molecule has 1 N–H and O–H groups in total. The Hall–Kier alpha value is -1.85. The van der Waals surface area contributed by atoms with E-state index in [2.05, 4.69) is 10.4 Å². The van der Waals surface area contributed by atoms with Crippen LogP contribution in [0.15, 0.2) is 12.3 Å². The predicted octanol–water partition coefficient (Wildman–Crippen LogP) is 0.0183. The fraction of sp³-hybridized carbons (Fsp3) is 0.583. The minimum absolute atomic E-state index is 0.00789. The van der Waals surface area contributed by atoms with Crippen molar-refractivity contribution in [2.24, 2.45) is 13.0 Å². The smallest absolute Gasteiger partial charge is 0.274 e.